The van der Waals surface area contributed by atoms with Crippen LogP contribution in [-0.4, -0.2) is 6.10 Å². The molecule has 0 bridgehead atoms. The van der Waals surface area contributed by atoms with Crippen LogP contribution in [-0.2, 0) is 4.74 Å². The highest BCUT2D eigenvalue weighted by Crippen LogP contribution is 2.37. The lowest BCUT2D eigenvalue weighted by Crippen LogP contribution is -2.18. The third kappa shape index (κ3) is 4.91. The molecule has 1 saturated carbocycles. The molecule has 1 unspecified atom stereocenters. The van der Waals surface area contributed by atoms with Crippen LogP contribution < -0.4 is 0 Å². The lowest BCUT2D eigenvalue weighted by Gasteiger charge is -2.30. The van der Waals surface area contributed by atoms with Gasteiger partial charge in [-0.15, -0.1) is 0 Å². The first kappa shape index (κ1) is 16.6. The Balaban J connectivity index is 1.77. The Hall–Kier alpha value is -1.75. The first-order chi connectivity index (χ1) is 10.7. The van der Waals surface area contributed by atoms with Gasteiger partial charge in [-0.05, 0) is 75.0 Å². The van der Waals surface area contributed by atoms with Crippen molar-refractivity contribution >= 4 is 0 Å². The zero-order valence-corrected chi connectivity index (χ0v) is 13.8. The number of rotatable bonds is 6. The van der Waals surface area contributed by atoms with Crippen molar-refractivity contribution in [1.82, 2.24) is 0 Å². The standard InChI is InChI=1S/C20H27NO/c1-3-4-13-22-16(2)14-17-5-9-19(10-6-17)20-11-7-18(15-21)8-12-20/h4,7-8,11-13,16-17,19H,3,5-6,9-10,14H2,1-2H3. The van der Waals surface area contributed by atoms with Crippen LogP contribution in [0.25, 0.3) is 0 Å². The molecule has 118 valence electrons. The predicted molar refractivity (Wildman–Crippen MR) is 90.5 cm³/mol. The summed E-state index contributed by atoms with van der Waals surface area (Å²) in [5.74, 6) is 1.46. The summed E-state index contributed by atoms with van der Waals surface area (Å²) in [6.07, 6.45) is 11.5. The van der Waals surface area contributed by atoms with E-state index in [4.69, 9.17) is 10.00 Å². The van der Waals surface area contributed by atoms with E-state index in [2.05, 4.69) is 38.1 Å². The van der Waals surface area contributed by atoms with Crippen LogP contribution in [0.3, 0.4) is 0 Å². The van der Waals surface area contributed by atoms with E-state index in [0.717, 1.165) is 24.3 Å². The zero-order valence-electron chi connectivity index (χ0n) is 13.8. The molecule has 22 heavy (non-hydrogen) atoms. The minimum Gasteiger partial charge on any atom is -0.499 e. The Morgan fingerprint density at radius 3 is 2.50 bits per heavy atom. The van der Waals surface area contributed by atoms with E-state index >= 15 is 0 Å². The molecule has 0 amide bonds. The molecular formula is C20H27NO. The summed E-state index contributed by atoms with van der Waals surface area (Å²) in [5, 5.41) is 8.87. The summed E-state index contributed by atoms with van der Waals surface area (Å²) in [7, 11) is 0. The van der Waals surface area contributed by atoms with E-state index in [0.29, 0.717) is 12.0 Å². The molecule has 1 atom stereocenters. The molecule has 0 aromatic heterocycles. The van der Waals surface area contributed by atoms with Crippen LogP contribution in [0.15, 0.2) is 36.6 Å². The van der Waals surface area contributed by atoms with Gasteiger partial charge in [0.05, 0.1) is 24.0 Å². The maximum atomic E-state index is 8.87. The maximum absolute atomic E-state index is 8.87. The van der Waals surface area contributed by atoms with Crippen molar-refractivity contribution < 1.29 is 4.74 Å². The molecule has 2 nitrogen and oxygen atoms in total. The van der Waals surface area contributed by atoms with Gasteiger partial charge in [0, 0.05) is 0 Å². The summed E-state index contributed by atoms with van der Waals surface area (Å²) < 4.78 is 5.71. The molecule has 0 N–H and O–H groups in total. The summed E-state index contributed by atoms with van der Waals surface area (Å²) in [6.45, 7) is 4.29. The van der Waals surface area contributed by atoms with E-state index in [1.54, 1.807) is 0 Å². The fourth-order valence-electron chi connectivity index (χ4n) is 3.37. The topological polar surface area (TPSA) is 33.0 Å². The van der Waals surface area contributed by atoms with Gasteiger partial charge in [0.1, 0.15) is 0 Å². The number of nitrogens with zero attached hydrogens (tertiary/aromatic N) is 1. The SMILES string of the molecule is CCC=COC(C)CC1CCC(c2ccc(C#N)cc2)CC1. The highest BCUT2D eigenvalue weighted by atomic mass is 16.5. The zero-order chi connectivity index (χ0) is 15.8. The Morgan fingerprint density at radius 1 is 1.23 bits per heavy atom. The molecule has 0 saturated heterocycles. The van der Waals surface area contributed by atoms with Gasteiger partial charge in [-0.2, -0.15) is 5.26 Å². The Bertz CT molecular complexity index is 504. The molecule has 2 heteroatoms. The number of hydrogen-bond acceptors (Lipinski definition) is 2. The normalized spacial score (nSPS) is 23.1. The van der Waals surface area contributed by atoms with Crippen LogP contribution in [0.5, 0.6) is 0 Å². The smallest absolute Gasteiger partial charge is 0.0991 e. The summed E-state index contributed by atoms with van der Waals surface area (Å²) in [4.78, 5) is 0. The van der Waals surface area contributed by atoms with Gasteiger partial charge < -0.3 is 4.74 Å². The fourth-order valence-corrected chi connectivity index (χ4v) is 3.37. The second kappa shape index (κ2) is 8.63. The van der Waals surface area contributed by atoms with Gasteiger partial charge >= 0.3 is 0 Å². The quantitative estimate of drug-likeness (QED) is 0.645. The van der Waals surface area contributed by atoms with Gasteiger partial charge in [0.2, 0.25) is 0 Å². The fraction of sp³-hybridized carbons (Fsp3) is 0.550. The van der Waals surface area contributed by atoms with Crippen molar-refractivity contribution in [3.8, 4) is 6.07 Å². The van der Waals surface area contributed by atoms with E-state index in [1.807, 2.05) is 18.4 Å². The number of allylic oxidation sites excluding steroid dienone is 1. The lowest BCUT2D eigenvalue weighted by atomic mass is 9.77. The van der Waals surface area contributed by atoms with Gasteiger partial charge in [-0.25, -0.2) is 0 Å². The molecule has 0 heterocycles. The minimum atomic E-state index is 0.319. The predicted octanol–water partition coefficient (Wildman–Crippen LogP) is 5.55. The Morgan fingerprint density at radius 2 is 1.91 bits per heavy atom. The highest BCUT2D eigenvalue weighted by molar-refractivity contribution is 5.33. The van der Waals surface area contributed by atoms with Gasteiger partial charge in [-0.1, -0.05) is 25.1 Å². The minimum absolute atomic E-state index is 0.319. The maximum Gasteiger partial charge on any atom is 0.0991 e. The molecule has 1 aliphatic carbocycles. The van der Waals surface area contributed by atoms with Gasteiger partial charge in [0.15, 0.2) is 0 Å². The first-order valence-electron chi connectivity index (χ1n) is 8.53. The number of hydrogen-bond donors (Lipinski definition) is 0. The monoisotopic (exact) mass is 297 g/mol. The van der Waals surface area contributed by atoms with E-state index in [9.17, 15) is 0 Å². The largest absolute Gasteiger partial charge is 0.499 e. The number of ether oxygens (including phenoxy) is 1. The third-order valence-corrected chi connectivity index (χ3v) is 4.67. The molecule has 0 radical (unpaired) electrons. The van der Waals surface area contributed by atoms with Crippen molar-refractivity contribution in [3.05, 3.63) is 47.7 Å². The van der Waals surface area contributed by atoms with Crippen LogP contribution in [0.4, 0.5) is 0 Å². The number of benzene rings is 1. The van der Waals surface area contributed by atoms with Crippen molar-refractivity contribution in [2.45, 2.75) is 64.4 Å². The van der Waals surface area contributed by atoms with Crippen molar-refractivity contribution in [3.63, 3.8) is 0 Å². The lowest BCUT2D eigenvalue weighted by molar-refractivity contribution is 0.120. The summed E-state index contributed by atoms with van der Waals surface area (Å²) in [6, 6.07) is 10.3. The van der Waals surface area contributed by atoms with Crippen molar-refractivity contribution in [2.24, 2.45) is 5.92 Å². The molecule has 2 rings (SSSR count). The van der Waals surface area contributed by atoms with Crippen LogP contribution in [0, 0.1) is 17.2 Å². The van der Waals surface area contributed by atoms with E-state index < -0.39 is 0 Å². The average Bonchev–Trinajstić information content (AvgIpc) is 2.56. The number of nitriles is 1. The molecule has 1 aromatic rings. The van der Waals surface area contributed by atoms with Crippen LogP contribution in [0.1, 0.15) is 69.4 Å². The van der Waals surface area contributed by atoms with Crippen LogP contribution in [0.2, 0.25) is 0 Å². The second-order valence-corrected chi connectivity index (χ2v) is 6.41. The Kier molecular flexibility index (Phi) is 6.52. The van der Waals surface area contributed by atoms with Crippen molar-refractivity contribution in [2.75, 3.05) is 0 Å². The van der Waals surface area contributed by atoms with E-state index in [-0.39, 0.29) is 0 Å². The molecule has 0 aliphatic heterocycles. The van der Waals surface area contributed by atoms with E-state index in [1.165, 1.54) is 31.2 Å². The highest BCUT2D eigenvalue weighted by Gasteiger charge is 2.23. The summed E-state index contributed by atoms with van der Waals surface area (Å²) in [5.41, 5.74) is 2.15. The van der Waals surface area contributed by atoms with Crippen molar-refractivity contribution in [1.29, 1.82) is 5.26 Å². The molecule has 1 aromatic carbocycles. The molecule has 1 fully saturated rings. The molecule has 0 spiro atoms. The average molecular weight is 297 g/mol. The van der Waals surface area contributed by atoms with Crippen LogP contribution >= 0.6 is 0 Å². The molecule has 1 aliphatic rings. The van der Waals surface area contributed by atoms with Gasteiger partial charge in [-0.3, -0.25) is 0 Å². The summed E-state index contributed by atoms with van der Waals surface area (Å²) >= 11 is 0. The third-order valence-electron chi connectivity index (χ3n) is 4.67. The molecular weight excluding hydrogens is 270 g/mol. The first-order valence-corrected chi connectivity index (χ1v) is 8.53. The second-order valence-electron chi connectivity index (χ2n) is 6.41. The Labute approximate surface area is 134 Å². The van der Waals surface area contributed by atoms with Gasteiger partial charge in [0.25, 0.3) is 0 Å².